The molecule has 0 atom stereocenters. The summed E-state index contributed by atoms with van der Waals surface area (Å²) in [5.41, 5.74) is 0.268. The number of carbonyl (C=O) groups is 1. The molecule has 0 bridgehead atoms. The molecule has 0 amide bonds. The van der Waals surface area contributed by atoms with Crippen molar-refractivity contribution in [3.8, 4) is 0 Å². The Morgan fingerprint density at radius 2 is 1.92 bits per heavy atom. The third-order valence-electron chi connectivity index (χ3n) is 1.19. The van der Waals surface area contributed by atoms with E-state index in [9.17, 15) is 9.26 Å². The molecule has 1 N–H and O–H groups in total. The molecule has 62 valence electrons. The van der Waals surface area contributed by atoms with Crippen LogP contribution in [0, 0.1) is 0 Å². The summed E-state index contributed by atoms with van der Waals surface area (Å²) in [6, 6.07) is 8.04. The molecule has 0 saturated carbocycles. The SMILES string of the molecule is O=C(O[Si](=O)O)c1ccccc1. The first kappa shape index (κ1) is 8.60. The summed E-state index contributed by atoms with van der Waals surface area (Å²) >= 11 is 0. The summed E-state index contributed by atoms with van der Waals surface area (Å²) in [7, 11) is -3.18. The van der Waals surface area contributed by atoms with Crippen LogP contribution in [0.1, 0.15) is 10.4 Å². The molecular formula is C7H6O4Si. The van der Waals surface area contributed by atoms with Gasteiger partial charge in [0.2, 0.25) is 0 Å². The average molecular weight is 182 g/mol. The van der Waals surface area contributed by atoms with Crippen molar-refractivity contribution in [2.45, 2.75) is 0 Å². The van der Waals surface area contributed by atoms with E-state index >= 15 is 0 Å². The lowest BCUT2D eigenvalue weighted by atomic mass is 10.2. The number of hydrogen-bond donors (Lipinski definition) is 1. The second-order valence-corrected chi connectivity index (χ2v) is 2.76. The van der Waals surface area contributed by atoms with Gasteiger partial charge in [-0.2, -0.15) is 0 Å². The normalized spacial score (nSPS) is 9.00. The van der Waals surface area contributed by atoms with Crippen LogP contribution in [0.3, 0.4) is 0 Å². The topological polar surface area (TPSA) is 63.6 Å². The number of benzene rings is 1. The number of hydrogen-bond acceptors (Lipinski definition) is 3. The highest BCUT2D eigenvalue weighted by Crippen LogP contribution is 1.99. The van der Waals surface area contributed by atoms with Crippen molar-refractivity contribution >= 4 is 15.1 Å². The Balaban J connectivity index is 2.73. The van der Waals surface area contributed by atoms with Gasteiger partial charge >= 0.3 is 15.1 Å². The fourth-order valence-corrected chi connectivity index (χ4v) is 0.989. The molecule has 0 saturated heterocycles. The van der Waals surface area contributed by atoms with Crippen LogP contribution in [0.15, 0.2) is 30.3 Å². The Hall–Kier alpha value is -1.49. The van der Waals surface area contributed by atoms with E-state index in [0.29, 0.717) is 0 Å². The largest absolute Gasteiger partial charge is 0.772 e. The summed E-state index contributed by atoms with van der Waals surface area (Å²) in [6.45, 7) is 0. The zero-order chi connectivity index (χ0) is 8.97. The third kappa shape index (κ3) is 2.28. The van der Waals surface area contributed by atoms with Crippen molar-refractivity contribution in [1.82, 2.24) is 0 Å². The van der Waals surface area contributed by atoms with Crippen LogP contribution in [0.25, 0.3) is 0 Å². The Kier molecular flexibility index (Phi) is 2.70. The number of carbonyl (C=O) groups excluding carboxylic acids is 1. The van der Waals surface area contributed by atoms with Gasteiger partial charge in [-0.25, -0.2) is 4.79 Å². The van der Waals surface area contributed by atoms with Crippen molar-refractivity contribution in [2.24, 2.45) is 0 Å². The smallest absolute Gasteiger partial charge is 0.511 e. The highest BCUT2D eigenvalue weighted by Gasteiger charge is 2.13. The van der Waals surface area contributed by atoms with Gasteiger partial charge in [-0.05, 0) is 12.1 Å². The Morgan fingerprint density at radius 3 is 2.42 bits per heavy atom. The van der Waals surface area contributed by atoms with Crippen LogP contribution in [0.5, 0.6) is 0 Å². The molecule has 4 nitrogen and oxygen atoms in total. The fraction of sp³-hybridized carbons (Fsp3) is 0. The summed E-state index contributed by atoms with van der Waals surface area (Å²) in [4.78, 5) is 19.2. The van der Waals surface area contributed by atoms with E-state index in [1.54, 1.807) is 18.2 Å². The molecule has 1 aromatic rings. The third-order valence-corrected chi connectivity index (χ3v) is 1.55. The van der Waals surface area contributed by atoms with Gasteiger partial charge in [-0.1, -0.05) is 18.2 Å². The van der Waals surface area contributed by atoms with Crippen LogP contribution < -0.4 is 0 Å². The van der Waals surface area contributed by atoms with Crippen molar-refractivity contribution < 1.29 is 18.5 Å². The van der Waals surface area contributed by atoms with Crippen molar-refractivity contribution in [2.75, 3.05) is 0 Å². The summed E-state index contributed by atoms with van der Waals surface area (Å²) in [5, 5.41) is 0. The van der Waals surface area contributed by atoms with Gasteiger partial charge in [0.25, 0.3) is 0 Å². The number of rotatable bonds is 2. The van der Waals surface area contributed by atoms with Gasteiger partial charge in [0, 0.05) is 0 Å². The highest BCUT2D eigenvalue weighted by atomic mass is 28.3. The van der Waals surface area contributed by atoms with Gasteiger partial charge in [0.15, 0.2) is 0 Å². The van der Waals surface area contributed by atoms with Crippen molar-refractivity contribution in [3.05, 3.63) is 35.9 Å². The first-order valence-electron chi connectivity index (χ1n) is 3.20. The zero-order valence-corrected chi connectivity index (χ0v) is 7.06. The predicted octanol–water partition coefficient (Wildman–Crippen LogP) is 0.251. The second kappa shape index (κ2) is 3.77. The van der Waals surface area contributed by atoms with Crippen LogP contribution in [0.2, 0.25) is 0 Å². The molecule has 12 heavy (non-hydrogen) atoms. The van der Waals surface area contributed by atoms with Gasteiger partial charge in [-0.15, -0.1) is 0 Å². The maximum Gasteiger partial charge on any atom is 0.772 e. The van der Waals surface area contributed by atoms with E-state index in [1.807, 2.05) is 0 Å². The lowest BCUT2D eigenvalue weighted by Gasteiger charge is -1.96. The van der Waals surface area contributed by atoms with Crippen molar-refractivity contribution in [3.63, 3.8) is 0 Å². The van der Waals surface area contributed by atoms with Gasteiger partial charge < -0.3 is 9.22 Å². The van der Waals surface area contributed by atoms with E-state index in [4.69, 9.17) is 4.80 Å². The fourth-order valence-electron chi connectivity index (χ4n) is 0.712. The predicted molar refractivity (Wildman–Crippen MR) is 40.5 cm³/mol. The van der Waals surface area contributed by atoms with E-state index < -0.39 is 15.1 Å². The Bertz CT molecular complexity index is 296. The first-order valence-corrected chi connectivity index (χ1v) is 4.46. The maximum atomic E-state index is 10.9. The molecule has 0 heterocycles. The molecular weight excluding hydrogens is 176 g/mol. The first-order chi connectivity index (χ1) is 5.70. The summed E-state index contributed by atoms with van der Waals surface area (Å²) in [5.74, 6) is -0.776. The average Bonchev–Trinajstić information content (AvgIpc) is 2.05. The highest BCUT2D eigenvalue weighted by molar-refractivity contribution is 6.29. The minimum absolute atomic E-state index is 0.268. The molecule has 0 aliphatic carbocycles. The lowest BCUT2D eigenvalue weighted by molar-refractivity contribution is 0.0685. The molecule has 0 radical (unpaired) electrons. The summed E-state index contributed by atoms with van der Waals surface area (Å²) < 4.78 is 14.2. The zero-order valence-electron chi connectivity index (χ0n) is 6.06. The minimum Gasteiger partial charge on any atom is -0.511 e. The maximum absolute atomic E-state index is 10.9. The molecule has 0 aromatic heterocycles. The quantitative estimate of drug-likeness (QED) is 0.666. The van der Waals surface area contributed by atoms with Crippen LogP contribution in [-0.4, -0.2) is 19.9 Å². The van der Waals surface area contributed by atoms with Crippen LogP contribution in [0.4, 0.5) is 0 Å². The molecule has 0 unspecified atom stereocenters. The standard InChI is InChI=1S/C7H6O4Si/c8-7(11-12(9)10)6-4-2-1-3-5-6/h1-5,9H. The van der Waals surface area contributed by atoms with Gasteiger partial charge in [-0.3, -0.25) is 4.46 Å². The monoisotopic (exact) mass is 182 g/mol. The molecule has 0 aliphatic heterocycles. The van der Waals surface area contributed by atoms with E-state index in [0.717, 1.165) is 0 Å². The molecule has 0 aliphatic rings. The van der Waals surface area contributed by atoms with E-state index in [-0.39, 0.29) is 5.56 Å². The van der Waals surface area contributed by atoms with Crippen molar-refractivity contribution in [1.29, 1.82) is 0 Å². The molecule has 5 heteroatoms. The Labute approximate surface area is 70.3 Å². The van der Waals surface area contributed by atoms with Gasteiger partial charge in [0.1, 0.15) is 0 Å². The molecule has 0 spiro atoms. The Morgan fingerprint density at radius 1 is 1.33 bits per heavy atom. The molecule has 1 rings (SSSR count). The van der Waals surface area contributed by atoms with Crippen LogP contribution in [-0.2, 0) is 8.89 Å². The molecule has 0 fully saturated rings. The second-order valence-electron chi connectivity index (χ2n) is 2.02. The lowest BCUT2D eigenvalue weighted by Crippen LogP contribution is -2.13. The molecule has 1 aromatic carbocycles. The minimum atomic E-state index is -3.18. The van der Waals surface area contributed by atoms with Crippen LogP contribution >= 0.6 is 0 Å². The van der Waals surface area contributed by atoms with E-state index in [1.165, 1.54) is 12.1 Å². The summed E-state index contributed by atoms with van der Waals surface area (Å²) in [6.07, 6.45) is 0. The van der Waals surface area contributed by atoms with E-state index in [2.05, 4.69) is 4.43 Å². The van der Waals surface area contributed by atoms with Gasteiger partial charge in [0.05, 0.1) is 5.56 Å².